The molecule has 0 aliphatic carbocycles. The van der Waals surface area contributed by atoms with E-state index in [9.17, 15) is 4.39 Å². The molecule has 0 aliphatic heterocycles. The van der Waals surface area contributed by atoms with Crippen molar-refractivity contribution < 1.29 is 8.81 Å². The monoisotopic (exact) mass is 746 g/mol. The van der Waals surface area contributed by atoms with Gasteiger partial charge in [0.15, 0.2) is 5.58 Å². The Labute approximate surface area is 335 Å². The molecule has 11 aromatic rings. The third kappa shape index (κ3) is 5.74. The lowest BCUT2D eigenvalue weighted by molar-refractivity contribution is 0.629. The van der Waals surface area contributed by atoms with E-state index in [-0.39, 0.29) is 5.82 Å². The number of hydrogen-bond donors (Lipinski definition) is 0. The molecule has 0 saturated heterocycles. The summed E-state index contributed by atoms with van der Waals surface area (Å²) in [5.41, 5.74) is 14.3. The van der Waals surface area contributed by atoms with Gasteiger partial charge in [-0.05, 0) is 112 Å². The first-order valence-electron chi connectivity index (χ1n) is 19.5. The van der Waals surface area contributed by atoms with Crippen molar-refractivity contribution in [1.29, 1.82) is 0 Å². The molecular formula is C54H35FN2O. The van der Waals surface area contributed by atoms with Gasteiger partial charge >= 0.3 is 0 Å². The van der Waals surface area contributed by atoms with Crippen molar-refractivity contribution in [3.63, 3.8) is 0 Å². The summed E-state index contributed by atoms with van der Waals surface area (Å²) in [7, 11) is 0. The van der Waals surface area contributed by atoms with Gasteiger partial charge in [-0.25, -0.2) is 4.39 Å². The third-order valence-electron chi connectivity index (χ3n) is 11.2. The molecule has 2 heterocycles. The van der Waals surface area contributed by atoms with E-state index in [2.05, 4.69) is 173 Å². The van der Waals surface area contributed by atoms with Crippen molar-refractivity contribution in [3.05, 3.63) is 218 Å². The molecular weight excluding hydrogens is 712 g/mol. The molecule has 3 nitrogen and oxygen atoms in total. The van der Waals surface area contributed by atoms with E-state index in [1.807, 2.05) is 36.4 Å². The van der Waals surface area contributed by atoms with Crippen molar-refractivity contribution in [1.82, 2.24) is 4.57 Å². The van der Waals surface area contributed by atoms with Crippen LogP contribution in [0, 0.1) is 5.82 Å². The van der Waals surface area contributed by atoms with Crippen LogP contribution < -0.4 is 4.90 Å². The standard InChI is InChI=1S/C54H35FN2O/c55-42-28-31-47-46-20-4-6-23-50(46)57(52(47)35-42)45-19-9-16-40(33-45)37-26-29-43(30-27-37)56(51-24-11-22-49-48-21-5-7-25-53(48)58-54(49)51)44-18-10-17-41(34-44)39-15-8-14-38(32-39)36-12-2-1-3-13-36/h1-35H. The molecule has 0 N–H and O–H groups in total. The summed E-state index contributed by atoms with van der Waals surface area (Å²) in [6, 6.07) is 73.1. The largest absolute Gasteiger partial charge is 0.454 e. The molecule has 0 spiro atoms. The Hall–Kier alpha value is -7.69. The molecule has 0 radical (unpaired) electrons. The minimum absolute atomic E-state index is 0.252. The lowest BCUT2D eigenvalue weighted by atomic mass is 9.98. The zero-order valence-electron chi connectivity index (χ0n) is 31.4. The van der Waals surface area contributed by atoms with Crippen LogP contribution in [0.3, 0.4) is 0 Å². The Balaban J connectivity index is 1.03. The van der Waals surface area contributed by atoms with Crippen molar-refractivity contribution >= 4 is 60.8 Å². The van der Waals surface area contributed by atoms with Gasteiger partial charge < -0.3 is 13.9 Å². The minimum Gasteiger partial charge on any atom is -0.454 e. The van der Waals surface area contributed by atoms with Gasteiger partial charge in [-0.1, -0.05) is 133 Å². The highest BCUT2D eigenvalue weighted by molar-refractivity contribution is 6.11. The average molecular weight is 747 g/mol. The zero-order valence-corrected chi connectivity index (χ0v) is 31.4. The Morgan fingerprint density at radius 3 is 1.83 bits per heavy atom. The van der Waals surface area contributed by atoms with Crippen LogP contribution in [-0.4, -0.2) is 4.57 Å². The van der Waals surface area contributed by atoms with Gasteiger partial charge in [0.05, 0.1) is 16.7 Å². The molecule has 0 unspecified atom stereocenters. The number of fused-ring (bicyclic) bond motifs is 6. The number of rotatable bonds is 7. The van der Waals surface area contributed by atoms with E-state index in [1.165, 1.54) is 17.2 Å². The molecule has 274 valence electrons. The van der Waals surface area contributed by atoms with Gasteiger partial charge in [-0.15, -0.1) is 0 Å². The second kappa shape index (κ2) is 13.8. The zero-order chi connectivity index (χ0) is 38.6. The predicted octanol–water partition coefficient (Wildman–Crippen LogP) is 15.3. The van der Waals surface area contributed by atoms with Gasteiger partial charge in [-0.2, -0.15) is 0 Å². The van der Waals surface area contributed by atoms with E-state index in [1.54, 1.807) is 6.07 Å². The molecule has 9 aromatic carbocycles. The topological polar surface area (TPSA) is 21.3 Å². The van der Waals surface area contributed by atoms with Crippen molar-refractivity contribution in [2.75, 3.05) is 4.90 Å². The van der Waals surface area contributed by atoms with Crippen molar-refractivity contribution in [2.24, 2.45) is 0 Å². The summed E-state index contributed by atoms with van der Waals surface area (Å²) in [5, 5.41) is 4.29. The van der Waals surface area contributed by atoms with Crippen LogP contribution in [0.1, 0.15) is 0 Å². The quantitative estimate of drug-likeness (QED) is 0.162. The van der Waals surface area contributed by atoms with Gasteiger partial charge in [0.2, 0.25) is 0 Å². The highest BCUT2D eigenvalue weighted by atomic mass is 19.1. The van der Waals surface area contributed by atoms with E-state index >= 15 is 0 Å². The first-order chi connectivity index (χ1) is 28.7. The smallest absolute Gasteiger partial charge is 0.159 e. The number of para-hydroxylation sites is 3. The molecule has 0 fully saturated rings. The Morgan fingerprint density at radius 1 is 0.379 bits per heavy atom. The van der Waals surface area contributed by atoms with Crippen LogP contribution in [0.4, 0.5) is 21.5 Å². The first kappa shape index (κ1) is 33.6. The Bertz CT molecular complexity index is 3310. The maximum absolute atomic E-state index is 14.7. The second-order valence-electron chi connectivity index (χ2n) is 14.7. The third-order valence-corrected chi connectivity index (χ3v) is 11.2. The van der Waals surface area contributed by atoms with E-state index in [0.717, 1.165) is 88.7 Å². The van der Waals surface area contributed by atoms with Crippen LogP contribution in [0.15, 0.2) is 217 Å². The molecule has 0 bridgehead atoms. The first-order valence-corrected chi connectivity index (χ1v) is 19.5. The van der Waals surface area contributed by atoms with Crippen LogP contribution in [0.2, 0.25) is 0 Å². The molecule has 11 rings (SSSR count). The molecule has 58 heavy (non-hydrogen) atoms. The molecule has 0 saturated carbocycles. The number of aromatic nitrogens is 1. The number of anilines is 3. The fraction of sp³-hybridized carbons (Fsp3) is 0. The number of benzene rings is 9. The Morgan fingerprint density at radius 2 is 0.983 bits per heavy atom. The van der Waals surface area contributed by atoms with E-state index < -0.39 is 0 Å². The summed E-state index contributed by atoms with van der Waals surface area (Å²) in [4.78, 5) is 2.29. The van der Waals surface area contributed by atoms with Gasteiger partial charge in [0.25, 0.3) is 0 Å². The van der Waals surface area contributed by atoms with Crippen LogP contribution in [0.5, 0.6) is 0 Å². The van der Waals surface area contributed by atoms with Crippen LogP contribution in [0.25, 0.3) is 82.8 Å². The van der Waals surface area contributed by atoms with Gasteiger partial charge in [0, 0.05) is 38.6 Å². The molecule has 4 heteroatoms. The summed E-state index contributed by atoms with van der Waals surface area (Å²) in [6.07, 6.45) is 0. The minimum atomic E-state index is -0.252. The molecule has 0 atom stereocenters. The Kier molecular flexibility index (Phi) is 8.00. The number of halogens is 1. The number of hydrogen-bond acceptors (Lipinski definition) is 2. The number of furan rings is 1. The SMILES string of the molecule is Fc1ccc2c3ccccc3n(-c3cccc(-c4ccc(N(c5cccc(-c6cccc(-c7ccccc7)c6)c5)c5cccc6c5oc5ccccc56)cc4)c3)c2c1. The van der Waals surface area contributed by atoms with Crippen LogP contribution >= 0.6 is 0 Å². The lowest BCUT2D eigenvalue weighted by Crippen LogP contribution is -2.10. The van der Waals surface area contributed by atoms with E-state index in [4.69, 9.17) is 4.42 Å². The summed E-state index contributed by atoms with van der Waals surface area (Å²) >= 11 is 0. The average Bonchev–Trinajstić information content (AvgIpc) is 3.83. The maximum atomic E-state index is 14.7. The van der Waals surface area contributed by atoms with E-state index in [0.29, 0.717) is 0 Å². The normalized spacial score (nSPS) is 11.5. The van der Waals surface area contributed by atoms with Gasteiger partial charge in [0.1, 0.15) is 11.4 Å². The van der Waals surface area contributed by atoms with Crippen molar-refractivity contribution in [2.45, 2.75) is 0 Å². The van der Waals surface area contributed by atoms with Crippen molar-refractivity contribution in [3.8, 4) is 39.1 Å². The highest BCUT2D eigenvalue weighted by Crippen LogP contribution is 2.44. The summed E-state index contributed by atoms with van der Waals surface area (Å²) < 4.78 is 23.4. The molecule has 0 amide bonds. The fourth-order valence-corrected chi connectivity index (χ4v) is 8.52. The van der Waals surface area contributed by atoms with Gasteiger partial charge in [-0.3, -0.25) is 0 Å². The molecule has 2 aromatic heterocycles. The highest BCUT2D eigenvalue weighted by Gasteiger charge is 2.20. The lowest BCUT2D eigenvalue weighted by Gasteiger charge is -2.26. The van der Waals surface area contributed by atoms with Crippen LogP contribution in [-0.2, 0) is 0 Å². The maximum Gasteiger partial charge on any atom is 0.159 e. The molecule has 0 aliphatic rings. The fourth-order valence-electron chi connectivity index (χ4n) is 8.52. The number of nitrogens with zero attached hydrogens (tertiary/aromatic N) is 2. The predicted molar refractivity (Wildman–Crippen MR) is 239 cm³/mol. The summed E-state index contributed by atoms with van der Waals surface area (Å²) in [5.74, 6) is -0.252. The second-order valence-corrected chi connectivity index (χ2v) is 14.7. The summed E-state index contributed by atoms with van der Waals surface area (Å²) in [6.45, 7) is 0.